The Hall–Kier alpha value is -3.75. The first-order valence-corrected chi connectivity index (χ1v) is 9.80. The summed E-state index contributed by atoms with van der Waals surface area (Å²) < 4.78 is 12.0. The topological polar surface area (TPSA) is 107 Å². The van der Waals surface area contributed by atoms with Crippen molar-refractivity contribution in [2.75, 3.05) is 13.7 Å². The molecule has 1 aromatic carbocycles. The number of benzene rings is 1. The van der Waals surface area contributed by atoms with Crippen LogP contribution < -0.4 is 10.1 Å². The molecule has 1 fully saturated rings. The average Bonchev–Trinajstić information content (AvgIpc) is 3.35. The molecule has 0 radical (unpaired) electrons. The predicted octanol–water partition coefficient (Wildman–Crippen LogP) is 2.64. The summed E-state index contributed by atoms with van der Waals surface area (Å²) in [4.78, 5) is 21.2. The van der Waals surface area contributed by atoms with Gasteiger partial charge in [-0.15, -0.1) is 5.10 Å². The van der Waals surface area contributed by atoms with Gasteiger partial charge in [0.2, 0.25) is 0 Å². The summed E-state index contributed by atoms with van der Waals surface area (Å²) in [6, 6.07) is 11.3. The molecule has 3 heterocycles. The van der Waals surface area contributed by atoms with Gasteiger partial charge >= 0.3 is 0 Å². The second kappa shape index (κ2) is 7.58. The molecule has 4 aromatic rings. The summed E-state index contributed by atoms with van der Waals surface area (Å²) in [6.45, 7) is 0.403. The number of hydrogen-bond acceptors (Lipinski definition) is 7. The fraction of sp³-hybridized carbons (Fsp3) is 0.286. The third-order valence-corrected chi connectivity index (χ3v) is 5.03. The number of carbonyl (C=O) groups excluding carboxylic acids is 1. The standard InChI is InChI=1S/C21H20N6O3/c1-29-15-6-4-13(5-7-15)16-11-20-24-19(25-27(20)12-23-16)8-9-22-21(28)17-10-18(30-26-17)14-2-3-14/h4-7,10-12,14H,2-3,8-9H2,1H3,(H,22,28). The number of aromatic nitrogens is 5. The summed E-state index contributed by atoms with van der Waals surface area (Å²) in [5.41, 5.74) is 2.78. The van der Waals surface area contributed by atoms with Crippen LogP contribution >= 0.6 is 0 Å². The fourth-order valence-electron chi connectivity index (χ4n) is 3.20. The number of hydrogen-bond donors (Lipinski definition) is 1. The Kier molecular flexibility index (Phi) is 4.62. The van der Waals surface area contributed by atoms with Crippen LogP contribution in [0.2, 0.25) is 0 Å². The van der Waals surface area contributed by atoms with Gasteiger partial charge in [0.15, 0.2) is 17.2 Å². The van der Waals surface area contributed by atoms with Gasteiger partial charge in [0.05, 0.1) is 12.8 Å². The van der Waals surface area contributed by atoms with E-state index < -0.39 is 0 Å². The van der Waals surface area contributed by atoms with Crippen molar-refractivity contribution in [3.8, 4) is 17.0 Å². The molecule has 0 spiro atoms. The maximum atomic E-state index is 12.2. The summed E-state index contributed by atoms with van der Waals surface area (Å²) in [6.07, 6.45) is 4.34. The van der Waals surface area contributed by atoms with Crippen molar-refractivity contribution in [2.45, 2.75) is 25.2 Å². The lowest BCUT2D eigenvalue weighted by Crippen LogP contribution is -2.26. The lowest BCUT2D eigenvalue weighted by molar-refractivity contribution is 0.0945. The first kappa shape index (κ1) is 18.3. The first-order chi connectivity index (χ1) is 14.7. The van der Waals surface area contributed by atoms with Crippen LogP contribution in [0, 0.1) is 0 Å². The number of amides is 1. The molecule has 9 heteroatoms. The van der Waals surface area contributed by atoms with Crippen molar-refractivity contribution in [1.29, 1.82) is 0 Å². The monoisotopic (exact) mass is 404 g/mol. The number of nitrogens with zero attached hydrogens (tertiary/aromatic N) is 5. The van der Waals surface area contributed by atoms with E-state index in [1.807, 2.05) is 30.3 Å². The Morgan fingerprint density at radius 1 is 1.27 bits per heavy atom. The number of nitrogens with one attached hydrogen (secondary N) is 1. The van der Waals surface area contributed by atoms with Crippen LogP contribution in [0.5, 0.6) is 5.75 Å². The molecule has 1 saturated carbocycles. The highest BCUT2D eigenvalue weighted by molar-refractivity contribution is 5.92. The number of methoxy groups -OCH3 is 1. The Balaban J connectivity index is 1.22. The van der Waals surface area contributed by atoms with Gasteiger partial charge in [-0.05, 0) is 37.1 Å². The molecule has 1 amide bonds. The molecular weight excluding hydrogens is 384 g/mol. The van der Waals surface area contributed by atoms with Crippen LogP contribution in [0.3, 0.4) is 0 Å². The molecule has 5 rings (SSSR count). The van der Waals surface area contributed by atoms with Crippen molar-refractivity contribution < 1.29 is 14.1 Å². The van der Waals surface area contributed by atoms with Gasteiger partial charge in [0.25, 0.3) is 5.91 Å². The number of carbonyl (C=O) groups is 1. The van der Waals surface area contributed by atoms with Crippen LogP contribution in [0.4, 0.5) is 0 Å². The van der Waals surface area contributed by atoms with Gasteiger partial charge in [0.1, 0.15) is 17.8 Å². The molecule has 0 unspecified atom stereocenters. The van der Waals surface area contributed by atoms with E-state index in [2.05, 4.69) is 25.5 Å². The first-order valence-electron chi connectivity index (χ1n) is 9.80. The second-order valence-electron chi connectivity index (χ2n) is 7.23. The molecule has 9 nitrogen and oxygen atoms in total. The van der Waals surface area contributed by atoms with Crippen LogP contribution in [-0.2, 0) is 6.42 Å². The van der Waals surface area contributed by atoms with E-state index in [1.54, 1.807) is 24.0 Å². The zero-order valence-corrected chi connectivity index (χ0v) is 16.4. The lowest BCUT2D eigenvalue weighted by atomic mass is 10.1. The molecule has 1 N–H and O–H groups in total. The second-order valence-corrected chi connectivity index (χ2v) is 7.23. The van der Waals surface area contributed by atoms with Crippen LogP contribution in [0.25, 0.3) is 16.9 Å². The third-order valence-electron chi connectivity index (χ3n) is 5.03. The maximum Gasteiger partial charge on any atom is 0.273 e. The fourth-order valence-corrected chi connectivity index (χ4v) is 3.20. The molecule has 30 heavy (non-hydrogen) atoms. The molecule has 0 saturated heterocycles. The number of fused-ring (bicyclic) bond motifs is 1. The van der Waals surface area contributed by atoms with Gasteiger partial charge in [-0.25, -0.2) is 14.5 Å². The van der Waals surface area contributed by atoms with Crippen molar-refractivity contribution in [1.82, 2.24) is 30.1 Å². The van der Waals surface area contributed by atoms with E-state index in [1.165, 1.54) is 0 Å². The minimum Gasteiger partial charge on any atom is -0.497 e. The maximum absolute atomic E-state index is 12.2. The van der Waals surface area contributed by atoms with E-state index in [0.29, 0.717) is 36.0 Å². The molecule has 3 aromatic heterocycles. The van der Waals surface area contributed by atoms with E-state index in [0.717, 1.165) is 35.6 Å². The van der Waals surface area contributed by atoms with Gasteiger partial charge < -0.3 is 14.6 Å². The van der Waals surface area contributed by atoms with E-state index >= 15 is 0 Å². The quantitative estimate of drug-likeness (QED) is 0.504. The summed E-state index contributed by atoms with van der Waals surface area (Å²) in [5.74, 6) is 2.39. The Labute approximate surface area is 172 Å². The zero-order chi connectivity index (χ0) is 20.5. The highest BCUT2D eigenvalue weighted by atomic mass is 16.5. The normalized spacial score (nSPS) is 13.5. The number of ether oxygens (including phenoxy) is 1. The molecule has 0 atom stereocenters. The number of rotatable bonds is 7. The van der Waals surface area contributed by atoms with Crippen molar-refractivity contribution in [2.24, 2.45) is 0 Å². The molecule has 1 aliphatic rings. The molecular formula is C21H20N6O3. The van der Waals surface area contributed by atoms with Crippen molar-refractivity contribution >= 4 is 11.6 Å². The van der Waals surface area contributed by atoms with Gasteiger partial charge in [0, 0.05) is 36.6 Å². The van der Waals surface area contributed by atoms with Crippen LogP contribution in [0.1, 0.15) is 40.8 Å². The molecule has 1 aliphatic carbocycles. The lowest BCUT2D eigenvalue weighted by Gasteiger charge is -2.02. The van der Waals surface area contributed by atoms with Gasteiger partial charge in [-0.2, -0.15) is 0 Å². The van der Waals surface area contributed by atoms with Gasteiger partial charge in [-0.3, -0.25) is 4.79 Å². The van der Waals surface area contributed by atoms with Crippen LogP contribution in [0.15, 0.2) is 47.2 Å². The summed E-state index contributed by atoms with van der Waals surface area (Å²) in [7, 11) is 1.64. The summed E-state index contributed by atoms with van der Waals surface area (Å²) >= 11 is 0. The average molecular weight is 404 g/mol. The Bertz CT molecular complexity index is 1190. The Morgan fingerprint density at radius 3 is 2.87 bits per heavy atom. The van der Waals surface area contributed by atoms with Crippen molar-refractivity contribution in [3.63, 3.8) is 0 Å². The predicted molar refractivity (Wildman–Crippen MR) is 107 cm³/mol. The van der Waals surface area contributed by atoms with Crippen LogP contribution in [-0.4, -0.2) is 44.3 Å². The van der Waals surface area contributed by atoms with Gasteiger partial charge in [-0.1, -0.05) is 5.16 Å². The molecule has 152 valence electrons. The minimum atomic E-state index is -0.252. The third kappa shape index (κ3) is 3.73. The molecule has 0 bridgehead atoms. The largest absolute Gasteiger partial charge is 0.497 e. The van der Waals surface area contributed by atoms with E-state index in [4.69, 9.17) is 9.26 Å². The Morgan fingerprint density at radius 2 is 2.10 bits per heavy atom. The van der Waals surface area contributed by atoms with E-state index in [9.17, 15) is 4.79 Å². The SMILES string of the molecule is COc1ccc(-c2cc3nc(CCNC(=O)c4cc(C5CC5)on4)nn3cn2)cc1. The smallest absolute Gasteiger partial charge is 0.273 e. The highest BCUT2D eigenvalue weighted by Crippen LogP contribution is 2.40. The zero-order valence-electron chi connectivity index (χ0n) is 16.4. The van der Waals surface area contributed by atoms with E-state index in [-0.39, 0.29) is 5.91 Å². The highest BCUT2D eigenvalue weighted by Gasteiger charge is 2.28. The van der Waals surface area contributed by atoms with Crippen molar-refractivity contribution in [3.05, 3.63) is 60.0 Å². The molecule has 0 aliphatic heterocycles. The summed E-state index contributed by atoms with van der Waals surface area (Å²) in [5, 5.41) is 11.1. The minimum absolute atomic E-state index is 0.252.